The lowest BCUT2D eigenvalue weighted by Crippen LogP contribution is -2.15. The zero-order valence-electron chi connectivity index (χ0n) is 15.1. The van der Waals surface area contributed by atoms with Gasteiger partial charge in [-0.05, 0) is 61.9 Å². The minimum atomic E-state index is -0.0625. The number of Topliss-reactive ketones (excluding diaryl/α,β-unsaturated/α-hetero) is 1. The Labute approximate surface area is 139 Å². The van der Waals surface area contributed by atoms with Crippen molar-refractivity contribution in [2.24, 2.45) is 5.92 Å². The summed E-state index contributed by atoms with van der Waals surface area (Å²) in [4.78, 5) is 14.1. The van der Waals surface area contributed by atoms with E-state index in [0.29, 0.717) is 0 Å². The van der Waals surface area contributed by atoms with Crippen molar-refractivity contribution in [2.75, 3.05) is 21.2 Å². The van der Waals surface area contributed by atoms with Gasteiger partial charge in [-0.25, -0.2) is 0 Å². The minimum Gasteiger partial charge on any atom is -0.496 e. The molecule has 1 atom stereocenters. The molecule has 23 heavy (non-hydrogen) atoms. The van der Waals surface area contributed by atoms with Crippen LogP contribution in [-0.4, -0.2) is 31.9 Å². The van der Waals surface area contributed by atoms with Gasteiger partial charge in [0.2, 0.25) is 0 Å². The fraction of sp³-hybridized carbons (Fsp3) is 0.450. The summed E-state index contributed by atoms with van der Waals surface area (Å²) < 4.78 is 5.65. The molecule has 1 aromatic rings. The summed E-state index contributed by atoms with van der Waals surface area (Å²) in [5.74, 6) is 1.07. The predicted molar refractivity (Wildman–Crippen MR) is 95.7 cm³/mol. The zero-order chi connectivity index (χ0) is 17.1. The highest BCUT2D eigenvalue weighted by atomic mass is 16.5. The third-order valence-corrected chi connectivity index (χ3v) is 4.31. The van der Waals surface area contributed by atoms with Crippen LogP contribution in [0.25, 0.3) is 5.57 Å². The lowest BCUT2D eigenvalue weighted by molar-refractivity contribution is -0.117. The molecule has 1 aliphatic carbocycles. The Morgan fingerprint density at radius 3 is 2.48 bits per heavy atom. The quantitative estimate of drug-likeness (QED) is 0.826. The standard InChI is InChI=1S/C20H27NO2/c1-7-15-10-17(11-19(23-6)18(15)12-21(4)5)16-8-13(2)20(22)14(3)9-16/h8-11,13H,7,12H2,1-6H3. The van der Waals surface area contributed by atoms with Gasteiger partial charge in [0, 0.05) is 18.0 Å². The Morgan fingerprint density at radius 2 is 1.96 bits per heavy atom. The third-order valence-electron chi connectivity index (χ3n) is 4.31. The first-order valence-electron chi connectivity index (χ1n) is 8.16. The molecule has 0 spiro atoms. The van der Waals surface area contributed by atoms with E-state index in [2.05, 4.69) is 44.1 Å². The van der Waals surface area contributed by atoms with Gasteiger partial charge in [-0.15, -0.1) is 0 Å². The number of aryl methyl sites for hydroxylation is 1. The second-order valence-electron chi connectivity index (χ2n) is 6.51. The molecule has 3 heteroatoms. The fourth-order valence-corrected chi connectivity index (χ4v) is 3.10. The molecule has 1 aliphatic rings. The Morgan fingerprint density at radius 1 is 1.26 bits per heavy atom. The number of carbonyl (C=O) groups excluding carboxylic acids is 1. The lowest BCUT2D eigenvalue weighted by Gasteiger charge is -2.21. The molecule has 2 rings (SSSR count). The summed E-state index contributed by atoms with van der Waals surface area (Å²) >= 11 is 0. The number of ether oxygens (including phenoxy) is 1. The molecule has 0 bridgehead atoms. The van der Waals surface area contributed by atoms with E-state index >= 15 is 0 Å². The number of hydrogen-bond acceptors (Lipinski definition) is 3. The summed E-state index contributed by atoms with van der Waals surface area (Å²) in [6.07, 6.45) is 5.00. The second-order valence-corrected chi connectivity index (χ2v) is 6.51. The number of rotatable bonds is 5. The zero-order valence-corrected chi connectivity index (χ0v) is 15.1. The van der Waals surface area contributed by atoms with Crippen LogP contribution in [0, 0.1) is 5.92 Å². The molecule has 0 heterocycles. The number of hydrogen-bond donors (Lipinski definition) is 0. The molecule has 1 unspecified atom stereocenters. The number of allylic oxidation sites excluding steroid dienone is 4. The average molecular weight is 313 g/mol. The van der Waals surface area contributed by atoms with Crippen molar-refractivity contribution in [1.82, 2.24) is 4.90 Å². The molecule has 0 fully saturated rings. The van der Waals surface area contributed by atoms with Crippen LogP contribution in [0.3, 0.4) is 0 Å². The Balaban J connectivity index is 2.53. The smallest absolute Gasteiger partial charge is 0.165 e. The number of methoxy groups -OCH3 is 1. The number of nitrogens with zero attached hydrogens (tertiary/aromatic N) is 1. The second kappa shape index (κ2) is 7.14. The van der Waals surface area contributed by atoms with E-state index in [0.717, 1.165) is 35.4 Å². The van der Waals surface area contributed by atoms with Crippen LogP contribution in [0.1, 0.15) is 37.5 Å². The topological polar surface area (TPSA) is 29.5 Å². The van der Waals surface area contributed by atoms with E-state index in [1.54, 1.807) is 7.11 Å². The van der Waals surface area contributed by atoms with Gasteiger partial charge >= 0.3 is 0 Å². The van der Waals surface area contributed by atoms with Gasteiger partial charge in [0.1, 0.15) is 5.75 Å². The largest absolute Gasteiger partial charge is 0.496 e. The number of carbonyl (C=O) groups is 1. The minimum absolute atomic E-state index is 0.0625. The Hall–Kier alpha value is -1.87. The van der Waals surface area contributed by atoms with E-state index in [-0.39, 0.29) is 11.7 Å². The molecule has 0 saturated heterocycles. The normalized spacial score (nSPS) is 18.0. The molecule has 0 N–H and O–H groups in total. The van der Waals surface area contributed by atoms with Gasteiger partial charge in [-0.3, -0.25) is 4.79 Å². The van der Waals surface area contributed by atoms with Crippen molar-refractivity contribution in [1.29, 1.82) is 0 Å². The highest BCUT2D eigenvalue weighted by Gasteiger charge is 2.20. The van der Waals surface area contributed by atoms with E-state index in [1.165, 1.54) is 11.1 Å². The summed E-state index contributed by atoms with van der Waals surface area (Å²) in [6, 6.07) is 4.33. The molecule has 0 aliphatic heterocycles. The van der Waals surface area contributed by atoms with E-state index in [1.807, 2.05) is 19.9 Å². The van der Waals surface area contributed by atoms with Gasteiger partial charge in [0.05, 0.1) is 7.11 Å². The maximum atomic E-state index is 12.0. The van der Waals surface area contributed by atoms with Crippen LogP contribution in [0.2, 0.25) is 0 Å². The fourth-order valence-electron chi connectivity index (χ4n) is 3.10. The average Bonchev–Trinajstić information content (AvgIpc) is 2.51. The van der Waals surface area contributed by atoms with E-state index < -0.39 is 0 Å². The molecule has 124 valence electrons. The monoisotopic (exact) mass is 313 g/mol. The summed E-state index contributed by atoms with van der Waals surface area (Å²) in [6.45, 7) is 6.87. The first-order chi connectivity index (χ1) is 10.9. The van der Waals surface area contributed by atoms with E-state index in [4.69, 9.17) is 4.74 Å². The molecule has 0 saturated carbocycles. The Kier molecular flexibility index (Phi) is 5.42. The van der Waals surface area contributed by atoms with Gasteiger partial charge in [0.15, 0.2) is 5.78 Å². The highest BCUT2D eigenvalue weighted by Crippen LogP contribution is 2.33. The first kappa shape index (κ1) is 17.5. The molecule has 0 aromatic heterocycles. The molecule has 3 nitrogen and oxygen atoms in total. The van der Waals surface area contributed by atoms with Crippen LogP contribution in [0.4, 0.5) is 0 Å². The van der Waals surface area contributed by atoms with Crippen molar-refractivity contribution in [2.45, 2.75) is 33.7 Å². The van der Waals surface area contributed by atoms with Crippen molar-refractivity contribution >= 4 is 11.4 Å². The van der Waals surface area contributed by atoms with Crippen molar-refractivity contribution in [3.63, 3.8) is 0 Å². The third kappa shape index (κ3) is 3.73. The van der Waals surface area contributed by atoms with Crippen molar-refractivity contribution in [3.8, 4) is 5.75 Å². The Bertz CT molecular complexity index is 643. The van der Waals surface area contributed by atoms with Crippen LogP contribution in [0.5, 0.6) is 5.75 Å². The van der Waals surface area contributed by atoms with Crippen LogP contribution >= 0.6 is 0 Å². The number of ketones is 1. The first-order valence-corrected chi connectivity index (χ1v) is 8.16. The summed E-state index contributed by atoms with van der Waals surface area (Å²) in [5, 5.41) is 0. The van der Waals surface area contributed by atoms with Gasteiger partial charge in [-0.1, -0.05) is 26.0 Å². The molecule has 0 amide bonds. The van der Waals surface area contributed by atoms with E-state index in [9.17, 15) is 4.79 Å². The SMILES string of the molecule is CCc1cc(C2=CC(C)C(=O)C(C)=C2)cc(OC)c1CN(C)C. The maximum absolute atomic E-state index is 12.0. The molecule has 1 aromatic carbocycles. The van der Waals surface area contributed by atoms with Crippen LogP contribution in [-0.2, 0) is 17.8 Å². The van der Waals surface area contributed by atoms with Crippen LogP contribution in [0.15, 0.2) is 29.9 Å². The lowest BCUT2D eigenvalue weighted by atomic mass is 9.87. The number of benzene rings is 1. The highest BCUT2D eigenvalue weighted by molar-refractivity contribution is 6.03. The molecular weight excluding hydrogens is 286 g/mol. The van der Waals surface area contributed by atoms with Crippen molar-refractivity contribution < 1.29 is 9.53 Å². The van der Waals surface area contributed by atoms with Gasteiger partial charge in [-0.2, -0.15) is 0 Å². The summed E-state index contributed by atoms with van der Waals surface area (Å²) in [5.41, 5.74) is 5.60. The van der Waals surface area contributed by atoms with Crippen molar-refractivity contribution in [3.05, 3.63) is 46.5 Å². The van der Waals surface area contributed by atoms with Crippen LogP contribution < -0.4 is 4.74 Å². The van der Waals surface area contributed by atoms with Gasteiger partial charge in [0.25, 0.3) is 0 Å². The maximum Gasteiger partial charge on any atom is 0.165 e. The molecule has 0 radical (unpaired) electrons. The van der Waals surface area contributed by atoms with Gasteiger partial charge < -0.3 is 9.64 Å². The molecular formula is C20H27NO2. The predicted octanol–water partition coefficient (Wildman–Crippen LogP) is 3.87. The summed E-state index contributed by atoms with van der Waals surface area (Å²) in [7, 11) is 5.85.